The molecule has 0 saturated carbocycles. The fraction of sp³-hybridized carbons (Fsp3) is 0.375. The number of carbonyl (C=O) groups is 2. The minimum absolute atomic E-state index is 0.0476. The average molecular weight is 305 g/mol. The van der Waals surface area contributed by atoms with Crippen LogP contribution in [0.1, 0.15) is 32.1 Å². The van der Waals surface area contributed by atoms with Gasteiger partial charge in [0.25, 0.3) is 5.91 Å². The van der Waals surface area contributed by atoms with Gasteiger partial charge in [-0.2, -0.15) is 0 Å². The summed E-state index contributed by atoms with van der Waals surface area (Å²) in [4.78, 5) is 27.4. The first kappa shape index (κ1) is 15.5. The van der Waals surface area contributed by atoms with Gasteiger partial charge in [-0.05, 0) is 37.8 Å². The fourth-order valence-corrected chi connectivity index (χ4v) is 3.08. The molecule has 1 aliphatic heterocycles. The van der Waals surface area contributed by atoms with E-state index in [1.807, 2.05) is 31.4 Å². The van der Waals surface area contributed by atoms with E-state index in [1.165, 1.54) is 18.4 Å². The lowest BCUT2D eigenvalue weighted by atomic mass is 10.1. The number of ether oxygens (including phenoxy) is 1. The van der Waals surface area contributed by atoms with Crippen LogP contribution in [-0.2, 0) is 14.3 Å². The highest BCUT2D eigenvalue weighted by Crippen LogP contribution is 2.34. The molecule has 2 heterocycles. The molecule has 112 valence electrons. The largest absolute Gasteiger partial charge is 0.465 e. The highest BCUT2D eigenvalue weighted by Gasteiger charge is 2.38. The molecule has 1 aromatic heterocycles. The smallest absolute Gasteiger partial charge is 0.340 e. The SMILES string of the molecule is CC[C@H](C)N1C(=O)/C(=C\c2cccs2)C(C(=O)OC)=C1C. The number of thiophene rings is 1. The lowest BCUT2D eigenvalue weighted by Gasteiger charge is -2.24. The van der Waals surface area contributed by atoms with Gasteiger partial charge >= 0.3 is 5.97 Å². The van der Waals surface area contributed by atoms with Crippen molar-refractivity contribution < 1.29 is 14.3 Å². The third-order valence-electron chi connectivity index (χ3n) is 3.69. The zero-order valence-electron chi connectivity index (χ0n) is 12.7. The molecule has 0 bridgehead atoms. The van der Waals surface area contributed by atoms with Gasteiger partial charge in [-0.1, -0.05) is 13.0 Å². The van der Waals surface area contributed by atoms with Gasteiger partial charge in [-0.25, -0.2) is 4.79 Å². The van der Waals surface area contributed by atoms with E-state index in [2.05, 4.69) is 0 Å². The van der Waals surface area contributed by atoms with Gasteiger partial charge in [0.1, 0.15) is 0 Å². The Bertz CT molecular complexity index is 613. The van der Waals surface area contributed by atoms with Crippen molar-refractivity contribution >= 4 is 29.3 Å². The quantitative estimate of drug-likeness (QED) is 0.634. The second-order valence-corrected chi connectivity index (χ2v) is 5.94. The Balaban J connectivity index is 2.53. The molecule has 1 atom stereocenters. The van der Waals surface area contributed by atoms with Crippen molar-refractivity contribution in [3.8, 4) is 0 Å². The van der Waals surface area contributed by atoms with E-state index in [-0.39, 0.29) is 11.9 Å². The van der Waals surface area contributed by atoms with Crippen molar-refractivity contribution in [3.05, 3.63) is 39.2 Å². The van der Waals surface area contributed by atoms with Crippen LogP contribution in [0.15, 0.2) is 34.4 Å². The molecule has 0 fully saturated rings. The van der Waals surface area contributed by atoms with E-state index < -0.39 is 5.97 Å². The van der Waals surface area contributed by atoms with Crippen LogP contribution in [0.3, 0.4) is 0 Å². The molecule has 0 N–H and O–H groups in total. The number of rotatable bonds is 4. The van der Waals surface area contributed by atoms with Crippen molar-refractivity contribution in [2.75, 3.05) is 7.11 Å². The average Bonchev–Trinajstić information content (AvgIpc) is 3.06. The molecule has 5 heteroatoms. The Kier molecular flexibility index (Phi) is 4.63. The summed E-state index contributed by atoms with van der Waals surface area (Å²) in [7, 11) is 1.34. The zero-order chi connectivity index (χ0) is 15.6. The molecule has 0 spiro atoms. The summed E-state index contributed by atoms with van der Waals surface area (Å²) < 4.78 is 4.85. The van der Waals surface area contributed by atoms with Gasteiger partial charge in [-0.15, -0.1) is 11.3 Å². The highest BCUT2D eigenvalue weighted by molar-refractivity contribution is 7.10. The summed E-state index contributed by atoms with van der Waals surface area (Å²) in [5.41, 5.74) is 1.46. The zero-order valence-corrected chi connectivity index (χ0v) is 13.5. The molecular weight excluding hydrogens is 286 g/mol. The Morgan fingerprint density at radius 3 is 2.76 bits per heavy atom. The minimum Gasteiger partial charge on any atom is -0.465 e. The maximum absolute atomic E-state index is 12.7. The lowest BCUT2D eigenvalue weighted by Crippen LogP contribution is -2.33. The molecule has 0 aliphatic carbocycles. The maximum Gasteiger partial charge on any atom is 0.340 e. The van der Waals surface area contributed by atoms with Gasteiger partial charge in [-0.3, -0.25) is 4.79 Å². The van der Waals surface area contributed by atoms with Crippen LogP contribution in [0.5, 0.6) is 0 Å². The van der Waals surface area contributed by atoms with E-state index in [9.17, 15) is 9.59 Å². The number of esters is 1. The molecule has 0 aromatic carbocycles. The molecule has 1 aliphatic rings. The summed E-state index contributed by atoms with van der Waals surface area (Å²) >= 11 is 1.53. The van der Waals surface area contributed by atoms with Crippen LogP contribution in [-0.4, -0.2) is 29.9 Å². The molecule has 0 unspecified atom stereocenters. The van der Waals surface area contributed by atoms with Gasteiger partial charge in [0, 0.05) is 16.6 Å². The first-order chi connectivity index (χ1) is 10.0. The van der Waals surface area contributed by atoms with Crippen LogP contribution in [0.2, 0.25) is 0 Å². The van der Waals surface area contributed by atoms with Crippen molar-refractivity contribution in [2.45, 2.75) is 33.2 Å². The molecule has 4 nitrogen and oxygen atoms in total. The Morgan fingerprint density at radius 2 is 2.24 bits per heavy atom. The van der Waals surface area contributed by atoms with E-state index in [1.54, 1.807) is 17.9 Å². The number of carbonyl (C=O) groups excluding carboxylic acids is 2. The second kappa shape index (κ2) is 6.26. The second-order valence-electron chi connectivity index (χ2n) is 4.96. The first-order valence-electron chi connectivity index (χ1n) is 6.89. The molecule has 0 radical (unpaired) electrons. The summed E-state index contributed by atoms with van der Waals surface area (Å²) in [6, 6.07) is 3.88. The maximum atomic E-state index is 12.7. The summed E-state index contributed by atoms with van der Waals surface area (Å²) in [5, 5.41) is 1.94. The van der Waals surface area contributed by atoms with E-state index in [4.69, 9.17) is 4.74 Å². The van der Waals surface area contributed by atoms with Gasteiger partial charge < -0.3 is 9.64 Å². The van der Waals surface area contributed by atoms with E-state index in [0.29, 0.717) is 16.8 Å². The van der Waals surface area contributed by atoms with Crippen LogP contribution in [0, 0.1) is 0 Å². The predicted molar refractivity (Wildman–Crippen MR) is 83.6 cm³/mol. The number of allylic oxidation sites excluding steroid dienone is 1. The number of amides is 1. The van der Waals surface area contributed by atoms with Gasteiger partial charge in [0.15, 0.2) is 0 Å². The third-order valence-corrected chi connectivity index (χ3v) is 4.51. The van der Waals surface area contributed by atoms with Crippen LogP contribution in [0.25, 0.3) is 6.08 Å². The number of nitrogens with zero attached hydrogens (tertiary/aromatic N) is 1. The molecule has 0 saturated heterocycles. The predicted octanol–water partition coefficient (Wildman–Crippen LogP) is 3.22. The standard InChI is InChI=1S/C16H19NO3S/c1-5-10(2)17-11(3)14(16(19)20-4)13(15(17)18)9-12-7-6-8-21-12/h6-10H,5H2,1-4H3/b13-9-/t10-/m0/s1. The van der Waals surface area contributed by atoms with Crippen LogP contribution >= 0.6 is 11.3 Å². The lowest BCUT2D eigenvalue weighted by molar-refractivity contribution is -0.136. The van der Waals surface area contributed by atoms with Crippen LogP contribution in [0.4, 0.5) is 0 Å². The van der Waals surface area contributed by atoms with Crippen molar-refractivity contribution in [3.63, 3.8) is 0 Å². The summed E-state index contributed by atoms with van der Waals surface area (Å²) in [6.07, 6.45) is 2.59. The number of hydrogen-bond acceptors (Lipinski definition) is 4. The van der Waals surface area contributed by atoms with Crippen molar-refractivity contribution in [1.82, 2.24) is 4.90 Å². The van der Waals surface area contributed by atoms with Crippen molar-refractivity contribution in [1.29, 1.82) is 0 Å². The summed E-state index contributed by atoms with van der Waals surface area (Å²) in [5.74, 6) is -0.592. The number of hydrogen-bond donors (Lipinski definition) is 0. The van der Waals surface area contributed by atoms with E-state index >= 15 is 0 Å². The van der Waals surface area contributed by atoms with Crippen molar-refractivity contribution in [2.24, 2.45) is 0 Å². The van der Waals surface area contributed by atoms with Crippen LogP contribution < -0.4 is 0 Å². The van der Waals surface area contributed by atoms with E-state index in [0.717, 1.165) is 11.3 Å². The topological polar surface area (TPSA) is 46.6 Å². The normalized spacial score (nSPS) is 18.6. The molecule has 21 heavy (non-hydrogen) atoms. The van der Waals surface area contributed by atoms with Gasteiger partial charge in [0.2, 0.25) is 0 Å². The molecule has 1 aromatic rings. The first-order valence-corrected chi connectivity index (χ1v) is 7.77. The number of methoxy groups -OCH3 is 1. The Labute approximate surface area is 128 Å². The molecule has 2 rings (SSSR count). The minimum atomic E-state index is -0.463. The molecular formula is C16H19NO3S. The molecule has 1 amide bonds. The van der Waals surface area contributed by atoms with Gasteiger partial charge in [0.05, 0.1) is 18.3 Å². The highest BCUT2D eigenvalue weighted by atomic mass is 32.1. The summed E-state index contributed by atoms with van der Waals surface area (Å²) in [6.45, 7) is 5.79. The third kappa shape index (κ3) is 2.78. The monoisotopic (exact) mass is 305 g/mol. The fourth-order valence-electron chi connectivity index (χ4n) is 2.43. The Morgan fingerprint density at radius 1 is 1.52 bits per heavy atom. The Hall–Kier alpha value is -1.88.